The van der Waals surface area contributed by atoms with Crippen LogP contribution in [0.4, 0.5) is 5.69 Å². The minimum atomic E-state index is 0.0299. The Morgan fingerprint density at radius 1 is 1.20 bits per heavy atom. The van der Waals surface area contributed by atoms with Crippen molar-refractivity contribution in [1.29, 1.82) is 0 Å². The van der Waals surface area contributed by atoms with E-state index in [4.69, 9.17) is 4.74 Å². The van der Waals surface area contributed by atoms with Gasteiger partial charge in [0.05, 0.1) is 6.61 Å². The molecule has 5 nitrogen and oxygen atoms in total. The van der Waals surface area contributed by atoms with Gasteiger partial charge in [-0.2, -0.15) is 0 Å². The van der Waals surface area contributed by atoms with E-state index in [0.717, 1.165) is 37.9 Å². The highest BCUT2D eigenvalue weighted by atomic mass is 16.5. The first-order chi connectivity index (χ1) is 12.1. The Labute approximate surface area is 150 Å². The zero-order valence-corrected chi connectivity index (χ0v) is 15.7. The quantitative estimate of drug-likeness (QED) is 0.724. The molecule has 0 atom stereocenters. The molecule has 0 bridgehead atoms. The SMILES string of the molecule is CCC(CC)N(CCOC)C(=O)c1ccc(N2CCCCC2=O)cc1. The van der Waals surface area contributed by atoms with E-state index < -0.39 is 0 Å². The lowest BCUT2D eigenvalue weighted by Crippen LogP contribution is -2.41. The average molecular weight is 346 g/mol. The molecule has 0 spiro atoms. The van der Waals surface area contributed by atoms with Crippen molar-refractivity contribution in [3.8, 4) is 0 Å². The summed E-state index contributed by atoms with van der Waals surface area (Å²) in [5, 5.41) is 0. The van der Waals surface area contributed by atoms with Gasteiger partial charge in [0.1, 0.15) is 0 Å². The largest absolute Gasteiger partial charge is 0.383 e. The van der Waals surface area contributed by atoms with Crippen LogP contribution < -0.4 is 4.90 Å². The first-order valence-electron chi connectivity index (χ1n) is 9.32. The summed E-state index contributed by atoms with van der Waals surface area (Å²) in [6.45, 7) is 6.09. The Morgan fingerprint density at radius 3 is 2.44 bits per heavy atom. The second-order valence-corrected chi connectivity index (χ2v) is 6.51. The van der Waals surface area contributed by atoms with E-state index in [9.17, 15) is 9.59 Å². The molecule has 0 N–H and O–H groups in total. The van der Waals surface area contributed by atoms with E-state index in [1.54, 1.807) is 7.11 Å². The molecule has 1 heterocycles. The Balaban J connectivity index is 2.15. The molecule has 0 aromatic heterocycles. The Morgan fingerprint density at radius 2 is 1.88 bits per heavy atom. The maximum atomic E-state index is 13.0. The molecule has 2 amide bonds. The fourth-order valence-electron chi connectivity index (χ4n) is 3.40. The molecule has 1 aliphatic heterocycles. The summed E-state index contributed by atoms with van der Waals surface area (Å²) >= 11 is 0. The van der Waals surface area contributed by atoms with Gasteiger partial charge in [0.2, 0.25) is 5.91 Å². The van der Waals surface area contributed by atoms with Gasteiger partial charge in [-0.3, -0.25) is 9.59 Å². The normalized spacial score (nSPS) is 14.9. The van der Waals surface area contributed by atoms with Crippen molar-refractivity contribution < 1.29 is 14.3 Å². The monoisotopic (exact) mass is 346 g/mol. The first kappa shape index (κ1) is 19.4. The maximum absolute atomic E-state index is 13.0. The number of hydrogen-bond donors (Lipinski definition) is 0. The highest BCUT2D eigenvalue weighted by molar-refractivity contribution is 5.97. The van der Waals surface area contributed by atoms with Crippen LogP contribution in [0.3, 0.4) is 0 Å². The molecule has 0 unspecified atom stereocenters. The molecule has 1 aromatic rings. The molecule has 1 fully saturated rings. The fourth-order valence-corrected chi connectivity index (χ4v) is 3.40. The molecular formula is C20H30N2O3. The van der Waals surface area contributed by atoms with Crippen molar-refractivity contribution in [1.82, 2.24) is 4.90 Å². The summed E-state index contributed by atoms with van der Waals surface area (Å²) in [5.74, 6) is 0.200. The number of ether oxygens (including phenoxy) is 1. The van der Waals surface area contributed by atoms with Gasteiger partial charge in [0, 0.05) is 43.9 Å². The summed E-state index contributed by atoms with van der Waals surface area (Å²) in [5.41, 5.74) is 1.54. The van der Waals surface area contributed by atoms with E-state index in [0.29, 0.717) is 25.1 Å². The van der Waals surface area contributed by atoms with E-state index in [2.05, 4.69) is 13.8 Å². The van der Waals surface area contributed by atoms with Gasteiger partial charge in [0.25, 0.3) is 5.91 Å². The van der Waals surface area contributed by atoms with Crippen molar-refractivity contribution >= 4 is 17.5 Å². The van der Waals surface area contributed by atoms with Crippen LogP contribution in [-0.2, 0) is 9.53 Å². The van der Waals surface area contributed by atoms with Crippen LogP contribution in [0.25, 0.3) is 0 Å². The smallest absolute Gasteiger partial charge is 0.254 e. The molecule has 5 heteroatoms. The number of piperidine rings is 1. The van der Waals surface area contributed by atoms with E-state index in [1.807, 2.05) is 34.1 Å². The lowest BCUT2D eigenvalue weighted by molar-refractivity contribution is -0.119. The third kappa shape index (κ3) is 4.82. The van der Waals surface area contributed by atoms with Gasteiger partial charge >= 0.3 is 0 Å². The summed E-state index contributed by atoms with van der Waals surface area (Å²) in [7, 11) is 1.65. The number of benzene rings is 1. The van der Waals surface area contributed by atoms with Gasteiger partial charge in [-0.1, -0.05) is 13.8 Å². The van der Waals surface area contributed by atoms with Crippen LogP contribution in [0.1, 0.15) is 56.3 Å². The average Bonchev–Trinajstić information content (AvgIpc) is 2.65. The van der Waals surface area contributed by atoms with Crippen LogP contribution in [0.5, 0.6) is 0 Å². The predicted molar refractivity (Wildman–Crippen MR) is 99.9 cm³/mol. The lowest BCUT2D eigenvalue weighted by Gasteiger charge is -2.31. The van der Waals surface area contributed by atoms with Crippen molar-refractivity contribution in [3.63, 3.8) is 0 Å². The number of anilines is 1. The summed E-state index contributed by atoms with van der Waals surface area (Å²) < 4.78 is 5.17. The van der Waals surface area contributed by atoms with Gasteiger partial charge in [0.15, 0.2) is 0 Å². The molecule has 0 radical (unpaired) electrons. The molecule has 1 aromatic carbocycles. The van der Waals surface area contributed by atoms with E-state index in [-0.39, 0.29) is 17.9 Å². The predicted octanol–water partition coefficient (Wildman–Crippen LogP) is 3.48. The van der Waals surface area contributed by atoms with Gasteiger partial charge in [-0.15, -0.1) is 0 Å². The topological polar surface area (TPSA) is 49.9 Å². The highest BCUT2D eigenvalue weighted by Gasteiger charge is 2.23. The fraction of sp³-hybridized carbons (Fsp3) is 0.600. The molecule has 0 saturated carbocycles. The zero-order chi connectivity index (χ0) is 18.2. The van der Waals surface area contributed by atoms with Crippen molar-refractivity contribution in [2.75, 3.05) is 31.7 Å². The van der Waals surface area contributed by atoms with Crippen molar-refractivity contribution in [3.05, 3.63) is 29.8 Å². The second-order valence-electron chi connectivity index (χ2n) is 6.51. The summed E-state index contributed by atoms with van der Waals surface area (Å²) in [6.07, 6.45) is 4.46. The van der Waals surface area contributed by atoms with Crippen LogP contribution >= 0.6 is 0 Å². The zero-order valence-electron chi connectivity index (χ0n) is 15.7. The standard InChI is InChI=1S/C20H30N2O3/c1-4-17(5-2)22(14-15-25-3)20(24)16-9-11-18(12-10-16)21-13-7-6-8-19(21)23/h9-12,17H,4-8,13-15H2,1-3H3. The minimum Gasteiger partial charge on any atom is -0.383 e. The summed E-state index contributed by atoms with van der Waals surface area (Å²) in [4.78, 5) is 28.7. The molecule has 2 rings (SSSR count). The van der Waals surface area contributed by atoms with Crippen LogP contribution in [-0.4, -0.2) is 49.6 Å². The number of carbonyl (C=O) groups is 2. The first-order valence-corrected chi connectivity index (χ1v) is 9.32. The third-order valence-corrected chi connectivity index (χ3v) is 4.93. The Bertz CT molecular complexity index is 567. The number of nitrogens with zero attached hydrogens (tertiary/aromatic N) is 2. The number of hydrogen-bond acceptors (Lipinski definition) is 3. The van der Waals surface area contributed by atoms with Crippen LogP contribution in [0.15, 0.2) is 24.3 Å². The van der Waals surface area contributed by atoms with Gasteiger partial charge in [-0.05, 0) is 49.9 Å². The maximum Gasteiger partial charge on any atom is 0.254 e. The van der Waals surface area contributed by atoms with E-state index >= 15 is 0 Å². The number of rotatable bonds is 8. The number of carbonyl (C=O) groups excluding carboxylic acids is 2. The molecular weight excluding hydrogens is 316 g/mol. The second kappa shape index (κ2) is 9.56. The van der Waals surface area contributed by atoms with Crippen molar-refractivity contribution in [2.45, 2.75) is 52.0 Å². The van der Waals surface area contributed by atoms with Crippen molar-refractivity contribution in [2.24, 2.45) is 0 Å². The van der Waals surface area contributed by atoms with Gasteiger partial charge < -0.3 is 14.5 Å². The lowest BCUT2D eigenvalue weighted by atomic mass is 10.1. The molecule has 138 valence electrons. The number of amides is 2. The molecule has 1 aliphatic rings. The highest BCUT2D eigenvalue weighted by Crippen LogP contribution is 2.22. The molecule has 25 heavy (non-hydrogen) atoms. The number of methoxy groups -OCH3 is 1. The third-order valence-electron chi connectivity index (χ3n) is 4.93. The Hall–Kier alpha value is -1.88. The van der Waals surface area contributed by atoms with Gasteiger partial charge in [-0.25, -0.2) is 0 Å². The summed E-state index contributed by atoms with van der Waals surface area (Å²) in [6, 6.07) is 7.66. The van der Waals surface area contributed by atoms with Crippen LogP contribution in [0, 0.1) is 0 Å². The molecule has 0 aliphatic carbocycles. The minimum absolute atomic E-state index is 0.0299. The molecule has 1 saturated heterocycles. The van der Waals surface area contributed by atoms with E-state index in [1.165, 1.54) is 0 Å². The van der Waals surface area contributed by atoms with Crippen LogP contribution in [0.2, 0.25) is 0 Å². The Kier molecular flexibility index (Phi) is 7.44.